The van der Waals surface area contributed by atoms with Crippen LogP contribution in [0.15, 0.2) is 65.2 Å². The van der Waals surface area contributed by atoms with Crippen LogP contribution < -0.4 is 0 Å². The summed E-state index contributed by atoms with van der Waals surface area (Å²) in [5.74, 6) is -0.486. The average molecular weight is 421 g/mol. The van der Waals surface area contributed by atoms with Crippen LogP contribution in [-0.2, 0) is 10.2 Å². The van der Waals surface area contributed by atoms with E-state index in [2.05, 4.69) is 5.16 Å². The lowest BCUT2D eigenvalue weighted by Crippen LogP contribution is -2.54. The molecular formula is C24H24FN3O3. The minimum atomic E-state index is -0.645. The van der Waals surface area contributed by atoms with Gasteiger partial charge < -0.3 is 14.3 Å². The highest BCUT2D eigenvalue weighted by Gasteiger charge is 2.36. The number of aromatic nitrogens is 1. The maximum Gasteiger partial charge on any atom is 0.276 e. The third kappa shape index (κ3) is 4.08. The van der Waals surface area contributed by atoms with Crippen LogP contribution in [0.2, 0.25) is 0 Å². The topological polar surface area (TPSA) is 66.7 Å². The van der Waals surface area contributed by atoms with Crippen LogP contribution in [0.3, 0.4) is 0 Å². The maximum atomic E-state index is 14.0. The Kier molecular flexibility index (Phi) is 5.59. The summed E-state index contributed by atoms with van der Waals surface area (Å²) in [5.41, 5.74) is 0.700. The first-order valence-electron chi connectivity index (χ1n) is 10.2. The van der Waals surface area contributed by atoms with E-state index in [4.69, 9.17) is 4.52 Å². The Morgan fingerprint density at radius 1 is 0.935 bits per heavy atom. The Morgan fingerprint density at radius 3 is 2.23 bits per heavy atom. The molecule has 0 aliphatic carbocycles. The van der Waals surface area contributed by atoms with Crippen molar-refractivity contribution in [3.8, 4) is 11.3 Å². The highest BCUT2D eigenvalue weighted by Crippen LogP contribution is 2.27. The fourth-order valence-electron chi connectivity index (χ4n) is 3.81. The van der Waals surface area contributed by atoms with Gasteiger partial charge >= 0.3 is 0 Å². The molecule has 6 nitrogen and oxygen atoms in total. The van der Waals surface area contributed by atoms with Gasteiger partial charge in [-0.3, -0.25) is 9.59 Å². The van der Waals surface area contributed by atoms with Crippen LogP contribution in [0.4, 0.5) is 4.39 Å². The molecule has 3 aromatic rings. The molecule has 2 heterocycles. The van der Waals surface area contributed by atoms with E-state index < -0.39 is 11.2 Å². The number of amides is 2. The molecule has 7 heteroatoms. The highest BCUT2D eigenvalue weighted by molar-refractivity contribution is 5.93. The molecule has 0 spiro atoms. The maximum absolute atomic E-state index is 14.0. The normalized spacial score (nSPS) is 14.5. The first-order chi connectivity index (χ1) is 14.9. The summed E-state index contributed by atoms with van der Waals surface area (Å²) in [6.07, 6.45) is 0. The van der Waals surface area contributed by atoms with Crippen molar-refractivity contribution in [3.05, 3.63) is 77.7 Å². The van der Waals surface area contributed by atoms with E-state index in [0.29, 0.717) is 26.2 Å². The van der Waals surface area contributed by atoms with E-state index in [1.807, 2.05) is 44.2 Å². The highest BCUT2D eigenvalue weighted by atomic mass is 19.1. The molecule has 4 rings (SSSR count). The van der Waals surface area contributed by atoms with Crippen LogP contribution in [0, 0.1) is 5.82 Å². The third-order valence-corrected chi connectivity index (χ3v) is 5.75. The molecule has 160 valence electrons. The van der Waals surface area contributed by atoms with Gasteiger partial charge in [0.25, 0.3) is 5.91 Å². The van der Waals surface area contributed by atoms with E-state index >= 15 is 0 Å². The van der Waals surface area contributed by atoms with Crippen LogP contribution in [-0.4, -0.2) is 52.9 Å². The number of carbonyl (C=O) groups is 2. The fraction of sp³-hybridized carbons (Fsp3) is 0.292. The van der Waals surface area contributed by atoms with Gasteiger partial charge in [-0.25, -0.2) is 4.39 Å². The molecule has 0 N–H and O–H groups in total. The van der Waals surface area contributed by atoms with Gasteiger partial charge in [-0.15, -0.1) is 0 Å². The zero-order valence-corrected chi connectivity index (χ0v) is 17.5. The second-order valence-corrected chi connectivity index (χ2v) is 8.13. The second kappa shape index (κ2) is 8.34. The fourth-order valence-corrected chi connectivity index (χ4v) is 3.81. The Hall–Kier alpha value is -3.48. The van der Waals surface area contributed by atoms with Crippen molar-refractivity contribution in [3.63, 3.8) is 0 Å². The van der Waals surface area contributed by atoms with Gasteiger partial charge in [-0.2, -0.15) is 0 Å². The van der Waals surface area contributed by atoms with Gasteiger partial charge in [0.05, 0.1) is 11.0 Å². The van der Waals surface area contributed by atoms with Crippen LogP contribution in [0.1, 0.15) is 29.9 Å². The van der Waals surface area contributed by atoms with E-state index in [1.165, 1.54) is 12.1 Å². The van der Waals surface area contributed by atoms with Crippen molar-refractivity contribution < 1.29 is 18.5 Å². The number of hydrogen-bond acceptors (Lipinski definition) is 4. The quantitative estimate of drug-likeness (QED) is 0.644. The van der Waals surface area contributed by atoms with Crippen molar-refractivity contribution in [2.75, 3.05) is 26.2 Å². The summed E-state index contributed by atoms with van der Waals surface area (Å²) in [4.78, 5) is 29.4. The van der Waals surface area contributed by atoms with Crippen LogP contribution >= 0.6 is 0 Å². The van der Waals surface area contributed by atoms with Crippen LogP contribution in [0.25, 0.3) is 11.3 Å². The lowest BCUT2D eigenvalue weighted by molar-refractivity contribution is -0.137. The Morgan fingerprint density at radius 2 is 1.55 bits per heavy atom. The first kappa shape index (κ1) is 20.8. The zero-order chi connectivity index (χ0) is 22.0. The molecule has 1 aliphatic heterocycles. The molecule has 2 amide bonds. The molecule has 0 unspecified atom stereocenters. The average Bonchev–Trinajstić information content (AvgIpc) is 3.29. The number of piperazine rings is 1. The third-order valence-electron chi connectivity index (χ3n) is 5.75. The Balaban J connectivity index is 1.41. The van der Waals surface area contributed by atoms with Crippen molar-refractivity contribution in [2.24, 2.45) is 0 Å². The summed E-state index contributed by atoms with van der Waals surface area (Å²) in [7, 11) is 0. The lowest BCUT2D eigenvalue weighted by Gasteiger charge is -2.38. The van der Waals surface area contributed by atoms with E-state index in [-0.39, 0.29) is 28.8 Å². The van der Waals surface area contributed by atoms with E-state index in [0.717, 1.165) is 5.56 Å². The number of benzene rings is 2. The summed E-state index contributed by atoms with van der Waals surface area (Å²) in [6, 6.07) is 17.3. The minimum Gasteiger partial charge on any atom is -0.355 e. The molecular weight excluding hydrogens is 397 g/mol. The molecule has 1 aromatic heterocycles. The van der Waals surface area contributed by atoms with Gasteiger partial charge in [-0.1, -0.05) is 47.6 Å². The molecule has 0 bridgehead atoms. The number of halogens is 1. The molecule has 0 atom stereocenters. The predicted molar refractivity (Wildman–Crippen MR) is 114 cm³/mol. The van der Waals surface area contributed by atoms with Gasteiger partial charge in [0.15, 0.2) is 11.5 Å². The largest absolute Gasteiger partial charge is 0.355 e. The van der Waals surface area contributed by atoms with Crippen molar-refractivity contribution in [2.45, 2.75) is 19.3 Å². The molecule has 1 aliphatic rings. The van der Waals surface area contributed by atoms with Crippen molar-refractivity contribution in [1.82, 2.24) is 15.0 Å². The van der Waals surface area contributed by atoms with E-state index in [9.17, 15) is 14.0 Å². The molecule has 0 radical (unpaired) electrons. The molecule has 1 saturated heterocycles. The Bertz CT molecular complexity index is 1090. The smallest absolute Gasteiger partial charge is 0.276 e. The summed E-state index contributed by atoms with van der Waals surface area (Å²) in [5, 5.41) is 3.83. The Labute approximate surface area is 180 Å². The van der Waals surface area contributed by atoms with Crippen LogP contribution in [0.5, 0.6) is 0 Å². The molecule has 1 fully saturated rings. The SMILES string of the molecule is CC(C)(C(=O)N1CCN(C(=O)c2cc(-c3ccccc3F)on2)CC1)c1ccccc1. The van der Waals surface area contributed by atoms with Crippen molar-refractivity contribution in [1.29, 1.82) is 0 Å². The molecule has 31 heavy (non-hydrogen) atoms. The number of rotatable bonds is 4. The van der Waals surface area contributed by atoms with Gasteiger partial charge in [0.1, 0.15) is 5.82 Å². The van der Waals surface area contributed by atoms with Gasteiger partial charge in [0.2, 0.25) is 5.91 Å². The molecule has 0 saturated carbocycles. The van der Waals surface area contributed by atoms with Gasteiger partial charge in [0, 0.05) is 32.2 Å². The summed E-state index contributed by atoms with van der Waals surface area (Å²) in [6.45, 7) is 5.52. The van der Waals surface area contributed by atoms with Gasteiger partial charge in [-0.05, 0) is 31.5 Å². The first-order valence-corrected chi connectivity index (χ1v) is 10.2. The predicted octanol–water partition coefficient (Wildman–Crippen LogP) is 3.74. The summed E-state index contributed by atoms with van der Waals surface area (Å²) >= 11 is 0. The zero-order valence-electron chi connectivity index (χ0n) is 17.5. The number of nitrogens with zero attached hydrogens (tertiary/aromatic N) is 3. The standard InChI is InChI=1S/C24H24FN3O3/c1-24(2,17-8-4-3-5-9-17)23(30)28-14-12-27(13-15-28)22(29)20-16-21(31-26-20)18-10-6-7-11-19(18)25/h3-11,16H,12-15H2,1-2H3. The number of hydrogen-bond donors (Lipinski definition) is 0. The second-order valence-electron chi connectivity index (χ2n) is 8.13. The minimum absolute atomic E-state index is 0.0362. The number of carbonyl (C=O) groups excluding carboxylic acids is 2. The summed E-state index contributed by atoms with van der Waals surface area (Å²) < 4.78 is 19.2. The monoisotopic (exact) mass is 421 g/mol. The lowest BCUT2D eigenvalue weighted by atomic mass is 9.83. The van der Waals surface area contributed by atoms with Crippen molar-refractivity contribution >= 4 is 11.8 Å². The van der Waals surface area contributed by atoms with E-state index in [1.54, 1.807) is 28.0 Å². The molecule has 2 aromatic carbocycles.